The summed E-state index contributed by atoms with van der Waals surface area (Å²) in [7, 11) is -1.76. The second kappa shape index (κ2) is 7.22. The molecule has 0 N–H and O–H groups in total. The van der Waals surface area contributed by atoms with Crippen molar-refractivity contribution in [3.05, 3.63) is 35.6 Å². The van der Waals surface area contributed by atoms with Gasteiger partial charge in [-0.05, 0) is 37.5 Å². The molecule has 0 spiro atoms. The van der Waals surface area contributed by atoms with E-state index < -0.39 is 10.0 Å². The second-order valence-electron chi connectivity index (χ2n) is 4.46. The molecule has 0 fully saturated rings. The van der Waals surface area contributed by atoms with Crippen LogP contribution in [0.3, 0.4) is 0 Å². The Morgan fingerprint density at radius 2 is 1.84 bits per heavy atom. The van der Waals surface area contributed by atoms with Gasteiger partial charge in [0.2, 0.25) is 10.0 Å². The van der Waals surface area contributed by atoms with Crippen molar-refractivity contribution in [2.24, 2.45) is 0 Å². The van der Waals surface area contributed by atoms with E-state index in [1.54, 1.807) is 26.1 Å². The molecule has 6 heteroatoms. The Balaban J connectivity index is 2.75. The molecule has 1 aromatic rings. The molecular weight excluding hydrogens is 289 g/mol. The Labute approximate surface area is 119 Å². The summed E-state index contributed by atoms with van der Waals surface area (Å²) < 4.78 is 38.4. The molecule has 0 bridgehead atoms. The Morgan fingerprint density at radius 1 is 1.26 bits per heavy atom. The first-order chi connectivity index (χ1) is 8.88. The predicted octanol–water partition coefficient (Wildman–Crippen LogP) is 3.17. The van der Waals surface area contributed by atoms with Gasteiger partial charge in [-0.3, -0.25) is 0 Å². The van der Waals surface area contributed by atoms with Crippen LogP contribution in [0.4, 0.5) is 4.39 Å². The van der Waals surface area contributed by atoms with Crippen LogP contribution in [0.1, 0.15) is 31.4 Å². The largest absolute Gasteiger partial charge is 0.214 e. The molecule has 108 valence electrons. The number of unbranched alkanes of at least 4 members (excludes halogenated alkanes) is 1. The molecule has 1 unspecified atom stereocenters. The van der Waals surface area contributed by atoms with Crippen LogP contribution in [-0.4, -0.2) is 31.4 Å². The summed E-state index contributed by atoms with van der Waals surface area (Å²) in [6.07, 6.45) is 1.23. The van der Waals surface area contributed by atoms with Crippen LogP contribution in [0.15, 0.2) is 24.3 Å². The standard InChI is InChI=1S/C13H19ClFNO2S/c1-11(12-5-7-13(15)8-6-12)16(2)19(17,18)10-4-3-9-14/h5-8,11H,3-4,9-10H2,1-2H3. The van der Waals surface area contributed by atoms with Crippen LogP contribution in [0, 0.1) is 5.82 Å². The summed E-state index contributed by atoms with van der Waals surface area (Å²) in [5, 5.41) is 0. The number of hydrogen-bond donors (Lipinski definition) is 0. The predicted molar refractivity (Wildman–Crippen MR) is 76.3 cm³/mol. The molecule has 0 aliphatic heterocycles. The summed E-state index contributed by atoms with van der Waals surface area (Å²) in [5.74, 6) is 0.220. The average Bonchev–Trinajstić information content (AvgIpc) is 2.38. The molecule has 0 aliphatic rings. The Kier molecular flexibility index (Phi) is 6.23. The highest BCUT2D eigenvalue weighted by Gasteiger charge is 2.23. The van der Waals surface area contributed by atoms with Crippen molar-refractivity contribution in [1.82, 2.24) is 4.31 Å². The number of rotatable bonds is 7. The van der Waals surface area contributed by atoms with E-state index in [2.05, 4.69) is 0 Å². The van der Waals surface area contributed by atoms with Gasteiger partial charge in [-0.25, -0.2) is 12.8 Å². The van der Waals surface area contributed by atoms with Crippen LogP contribution < -0.4 is 0 Å². The second-order valence-corrected chi connectivity index (χ2v) is 6.98. The monoisotopic (exact) mass is 307 g/mol. The van der Waals surface area contributed by atoms with Crippen molar-refractivity contribution >= 4 is 21.6 Å². The fourth-order valence-corrected chi connectivity index (χ4v) is 3.36. The van der Waals surface area contributed by atoms with Crippen LogP contribution in [0.2, 0.25) is 0 Å². The first-order valence-electron chi connectivity index (χ1n) is 6.15. The molecule has 3 nitrogen and oxygen atoms in total. The van der Waals surface area contributed by atoms with E-state index in [1.165, 1.54) is 16.4 Å². The van der Waals surface area contributed by atoms with Crippen LogP contribution in [-0.2, 0) is 10.0 Å². The minimum atomic E-state index is -3.31. The molecule has 0 aromatic heterocycles. The Morgan fingerprint density at radius 3 is 2.37 bits per heavy atom. The minimum Gasteiger partial charge on any atom is -0.212 e. The quantitative estimate of drug-likeness (QED) is 0.573. The van der Waals surface area contributed by atoms with Crippen molar-refractivity contribution in [2.45, 2.75) is 25.8 Å². The zero-order chi connectivity index (χ0) is 14.5. The van der Waals surface area contributed by atoms with Crippen LogP contribution in [0.25, 0.3) is 0 Å². The van der Waals surface area contributed by atoms with Crippen molar-refractivity contribution in [3.63, 3.8) is 0 Å². The van der Waals surface area contributed by atoms with Crippen molar-refractivity contribution in [3.8, 4) is 0 Å². The van der Waals surface area contributed by atoms with Gasteiger partial charge in [-0.1, -0.05) is 12.1 Å². The van der Waals surface area contributed by atoms with Crippen molar-refractivity contribution in [1.29, 1.82) is 0 Å². The first kappa shape index (κ1) is 16.4. The maximum Gasteiger partial charge on any atom is 0.214 e. The van der Waals surface area contributed by atoms with Gasteiger partial charge in [0.1, 0.15) is 5.82 Å². The first-order valence-corrected chi connectivity index (χ1v) is 8.30. The van der Waals surface area contributed by atoms with E-state index in [1.807, 2.05) is 0 Å². The van der Waals surface area contributed by atoms with Gasteiger partial charge < -0.3 is 0 Å². The van der Waals surface area contributed by atoms with Crippen LogP contribution in [0.5, 0.6) is 0 Å². The van der Waals surface area contributed by atoms with E-state index in [0.717, 1.165) is 5.56 Å². The number of halogens is 2. The van der Waals surface area contributed by atoms with Gasteiger partial charge in [0.05, 0.1) is 5.75 Å². The van der Waals surface area contributed by atoms with Crippen molar-refractivity contribution < 1.29 is 12.8 Å². The number of hydrogen-bond acceptors (Lipinski definition) is 2. The molecule has 19 heavy (non-hydrogen) atoms. The van der Waals surface area contributed by atoms with E-state index >= 15 is 0 Å². The van der Waals surface area contributed by atoms with Gasteiger partial charge in [0, 0.05) is 19.0 Å². The highest BCUT2D eigenvalue weighted by atomic mass is 35.5. The number of alkyl halides is 1. The molecule has 0 radical (unpaired) electrons. The molecule has 0 amide bonds. The maximum absolute atomic E-state index is 12.8. The van der Waals surface area contributed by atoms with Gasteiger partial charge in [0.25, 0.3) is 0 Å². The number of benzene rings is 1. The fraction of sp³-hybridized carbons (Fsp3) is 0.538. The maximum atomic E-state index is 12.8. The number of nitrogens with zero attached hydrogens (tertiary/aromatic N) is 1. The Bertz CT molecular complexity index is 490. The van der Waals surface area contributed by atoms with E-state index in [4.69, 9.17) is 11.6 Å². The summed E-state index contributed by atoms with van der Waals surface area (Å²) in [6, 6.07) is 5.55. The fourth-order valence-electron chi connectivity index (χ4n) is 1.72. The van der Waals surface area contributed by atoms with E-state index in [9.17, 15) is 12.8 Å². The number of sulfonamides is 1. The third-order valence-corrected chi connectivity index (χ3v) is 5.39. The molecule has 1 aromatic carbocycles. The molecule has 0 saturated carbocycles. The van der Waals surface area contributed by atoms with E-state index in [0.29, 0.717) is 18.7 Å². The van der Waals surface area contributed by atoms with Gasteiger partial charge in [-0.15, -0.1) is 11.6 Å². The lowest BCUT2D eigenvalue weighted by Gasteiger charge is -2.24. The Hall–Kier alpha value is -0.650. The topological polar surface area (TPSA) is 37.4 Å². The minimum absolute atomic E-state index is 0.0851. The molecule has 0 saturated heterocycles. The summed E-state index contributed by atoms with van der Waals surface area (Å²) in [5.41, 5.74) is 0.768. The average molecular weight is 308 g/mol. The zero-order valence-corrected chi connectivity index (χ0v) is 12.7. The van der Waals surface area contributed by atoms with Crippen molar-refractivity contribution in [2.75, 3.05) is 18.7 Å². The highest BCUT2D eigenvalue weighted by molar-refractivity contribution is 7.89. The van der Waals surface area contributed by atoms with Gasteiger partial charge in [0.15, 0.2) is 0 Å². The SMILES string of the molecule is CC(c1ccc(F)cc1)N(C)S(=O)(=O)CCCCCl. The molecule has 0 heterocycles. The molecular formula is C13H19ClFNO2S. The van der Waals surface area contributed by atoms with Gasteiger partial charge in [-0.2, -0.15) is 4.31 Å². The molecule has 1 rings (SSSR count). The highest BCUT2D eigenvalue weighted by Crippen LogP contribution is 2.22. The third-order valence-electron chi connectivity index (χ3n) is 3.12. The van der Waals surface area contributed by atoms with E-state index in [-0.39, 0.29) is 17.6 Å². The zero-order valence-electron chi connectivity index (χ0n) is 11.1. The van der Waals surface area contributed by atoms with Crippen LogP contribution >= 0.6 is 11.6 Å². The van der Waals surface area contributed by atoms with Gasteiger partial charge >= 0.3 is 0 Å². The smallest absolute Gasteiger partial charge is 0.212 e. The lowest BCUT2D eigenvalue weighted by atomic mass is 10.1. The molecule has 0 aliphatic carbocycles. The lowest BCUT2D eigenvalue weighted by molar-refractivity contribution is 0.397. The lowest BCUT2D eigenvalue weighted by Crippen LogP contribution is -2.31. The summed E-state index contributed by atoms with van der Waals surface area (Å²) in [6.45, 7) is 1.78. The summed E-state index contributed by atoms with van der Waals surface area (Å²) in [4.78, 5) is 0. The molecule has 1 atom stereocenters. The summed E-state index contributed by atoms with van der Waals surface area (Å²) >= 11 is 5.54. The normalized spacial score (nSPS) is 13.7. The third kappa shape index (κ3) is 4.75.